The van der Waals surface area contributed by atoms with Crippen LogP contribution in [-0.2, 0) is 6.54 Å². The van der Waals surface area contributed by atoms with Gasteiger partial charge in [0, 0.05) is 11.4 Å². The average Bonchev–Trinajstić information content (AvgIpc) is 3.34. The fourth-order valence-corrected chi connectivity index (χ4v) is 4.25. The Balaban J connectivity index is 1.37. The molecule has 3 aromatic rings. The van der Waals surface area contributed by atoms with Crippen molar-refractivity contribution < 1.29 is 18.3 Å². The van der Waals surface area contributed by atoms with Crippen LogP contribution in [-0.4, -0.2) is 19.3 Å². The van der Waals surface area contributed by atoms with Gasteiger partial charge in [-0.15, -0.1) is 11.3 Å². The van der Waals surface area contributed by atoms with Crippen LogP contribution in [0, 0.1) is 11.6 Å². The van der Waals surface area contributed by atoms with Gasteiger partial charge in [0.15, 0.2) is 23.1 Å². The molecule has 0 saturated carbocycles. The maximum Gasteiger partial charge on any atom is 0.231 e. The monoisotopic (exact) mass is 399 g/mol. The van der Waals surface area contributed by atoms with E-state index in [0.29, 0.717) is 18.8 Å². The molecule has 0 radical (unpaired) electrons. The zero-order valence-corrected chi connectivity index (χ0v) is 15.4. The Morgan fingerprint density at radius 3 is 2.82 bits per heavy atom. The van der Waals surface area contributed by atoms with E-state index in [4.69, 9.17) is 9.47 Å². The Bertz CT molecular complexity index is 1100. The van der Waals surface area contributed by atoms with Gasteiger partial charge in [-0.3, -0.25) is 0 Å². The lowest BCUT2D eigenvalue weighted by Crippen LogP contribution is -2.27. The molecule has 0 atom stereocenters. The van der Waals surface area contributed by atoms with Crippen molar-refractivity contribution in [1.29, 1.82) is 0 Å². The molecule has 1 aromatic heterocycles. The van der Waals surface area contributed by atoms with Crippen molar-refractivity contribution in [3.05, 3.63) is 64.5 Å². The molecule has 5 nitrogen and oxygen atoms in total. The van der Waals surface area contributed by atoms with E-state index >= 15 is 0 Å². The first-order valence-electron chi connectivity index (χ1n) is 8.68. The van der Waals surface area contributed by atoms with Gasteiger partial charge in [0.1, 0.15) is 12.5 Å². The van der Waals surface area contributed by atoms with Crippen LogP contribution in [0.3, 0.4) is 0 Å². The lowest BCUT2D eigenvalue weighted by Gasteiger charge is -2.16. The zero-order chi connectivity index (χ0) is 19.1. The minimum absolute atomic E-state index is 0.246. The molecule has 0 aliphatic carbocycles. The number of amidine groups is 1. The van der Waals surface area contributed by atoms with Crippen LogP contribution in [0.15, 0.2) is 47.5 Å². The molecule has 0 spiro atoms. The number of nitrogens with zero attached hydrogens (tertiary/aromatic N) is 1. The van der Waals surface area contributed by atoms with Crippen LogP contribution < -0.4 is 20.1 Å². The summed E-state index contributed by atoms with van der Waals surface area (Å²) in [7, 11) is 0. The minimum Gasteiger partial charge on any atom is -0.454 e. The molecular formula is C20H15F2N3O2S. The summed E-state index contributed by atoms with van der Waals surface area (Å²) in [5, 5.41) is 6.58. The van der Waals surface area contributed by atoms with Gasteiger partial charge < -0.3 is 20.1 Å². The van der Waals surface area contributed by atoms with E-state index in [1.54, 1.807) is 6.07 Å². The molecule has 3 heterocycles. The number of thiophene rings is 1. The number of anilines is 1. The standard InChI is InChI=1S/C20H15F2N3O2S/c21-13-3-2-12(6-14(13)22)18-7-15-19(28-18)20(25-9-24-15)23-8-11-1-4-16-17(5-11)27-10-26-16/h1-7,24H,8-10H2,(H,23,25). The van der Waals surface area contributed by atoms with E-state index in [0.717, 1.165) is 44.4 Å². The number of nitrogens with one attached hydrogen (secondary N) is 2. The number of hydrogen-bond donors (Lipinski definition) is 2. The van der Waals surface area contributed by atoms with Crippen LogP contribution in [0.25, 0.3) is 10.4 Å². The predicted octanol–water partition coefficient (Wildman–Crippen LogP) is 4.34. The third kappa shape index (κ3) is 3.05. The van der Waals surface area contributed by atoms with Crippen molar-refractivity contribution in [2.45, 2.75) is 6.54 Å². The molecule has 2 N–H and O–H groups in total. The topological polar surface area (TPSA) is 54.9 Å². The average molecular weight is 399 g/mol. The number of halogens is 2. The van der Waals surface area contributed by atoms with Crippen LogP contribution in [0.1, 0.15) is 10.4 Å². The van der Waals surface area contributed by atoms with Gasteiger partial charge in [0.05, 0.1) is 10.6 Å². The summed E-state index contributed by atoms with van der Waals surface area (Å²) in [5.41, 5.74) is 2.60. The first-order valence-corrected chi connectivity index (χ1v) is 9.49. The number of rotatable bonds is 3. The van der Waals surface area contributed by atoms with E-state index in [1.165, 1.54) is 17.4 Å². The Hall–Kier alpha value is -3.13. The lowest BCUT2D eigenvalue weighted by molar-refractivity contribution is 0.174. The minimum atomic E-state index is -0.855. The summed E-state index contributed by atoms with van der Waals surface area (Å²) in [6.07, 6.45) is 0. The summed E-state index contributed by atoms with van der Waals surface area (Å²) in [4.78, 5) is 6.29. The fourth-order valence-electron chi connectivity index (χ4n) is 3.14. The van der Waals surface area contributed by atoms with E-state index in [2.05, 4.69) is 15.6 Å². The zero-order valence-electron chi connectivity index (χ0n) is 14.6. The number of hydrogen-bond acceptors (Lipinski definition) is 6. The van der Waals surface area contributed by atoms with Gasteiger partial charge in [-0.25, -0.2) is 13.8 Å². The maximum absolute atomic E-state index is 13.6. The SMILES string of the molecule is Fc1ccc(-c2cc3c(s2)C(NCc2ccc4c(c2)OCO4)=NCN3)cc1F. The van der Waals surface area contributed by atoms with Crippen molar-refractivity contribution in [1.82, 2.24) is 5.32 Å². The number of fused-ring (bicyclic) bond motifs is 2. The van der Waals surface area contributed by atoms with Crippen molar-refractivity contribution in [2.24, 2.45) is 4.99 Å². The maximum atomic E-state index is 13.6. The molecule has 5 rings (SSSR count). The van der Waals surface area contributed by atoms with Crippen molar-refractivity contribution >= 4 is 22.9 Å². The highest BCUT2D eigenvalue weighted by molar-refractivity contribution is 7.18. The van der Waals surface area contributed by atoms with Crippen LogP contribution >= 0.6 is 11.3 Å². The first kappa shape index (κ1) is 17.0. The van der Waals surface area contributed by atoms with Crippen LogP contribution in [0.2, 0.25) is 0 Å². The van der Waals surface area contributed by atoms with Crippen molar-refractivity contribution in [2.75, 3.05) is 18.8 Å². The molecule has 0 amide bonds. The van der Waals surface area contributed by atoms with Gasteiger partial charge in [-0.1, -0.05) is 12.1 Å². The quantitative estimate of drug-likeness (QED) is 0.688. The summed E-state index contributed by atoms with van der Waals surface area (Å²) in [5.74, 6) is 0.552. The van der Waals surface area contributed by atoms with Gasteiger partial charge in [-0.2, -0.15) is 0 Å². The second kappa shape index (κ2) is 6.79. The Kier molecular flexibility index (Phi) is 4.12. The molecule has 0 bridgehead atoms. The molecule has 0 unspecified atom stereocenters. The van der Waals surface area contributed by atoms with Gasteiger partial charge in [-0.05, 0) is 41.5 Å². The highest BCUT2D eigenvalue weighted by Gasteiger charge is 2.20. The number of ether oxygens (including phenoxy) is 2. The fraction of sp³-hybridized carbons (Fsp3) is 0.150. The summed E-state index contributed by atoms with van der Waals surface area (Å²) in [6.45, 7) is 1.27. The second-order valence-electron chi connectivity index (χ2n) is 6.37. The lowest BCUT2D eigenvalue weighted by atomic mass is 10.1. The molecule has 2 aliphatic heterocycles. The number of aliphatic imine (C=N–C) groups is 1. The van der Waals surface area contributed by atoms with Crippen molar-refractivity contribution in [3.8, 4) is 21.9 Å². The highest BCUT2D eigenvalue weighted by Crippen LogP contribution is 2.37. The molecule has 142 valence electrons. The van der Waals surface area contributed by atoms with E-state index in [9.17, 15) is 8.78 Å². The molecule has 28 heavy (non-hydrogen) atoms. The Morgan fingerprint density at radius 2 is 1.93 bits per heavy atom. The van der Waals surface area contributed by atoms with Gasteiger partial charge in [0.25, 0.3) is 0 Å². The third-order valence-corrected chi connectivity index (χ3v) is 5.75. The second-order valence-corrected chi connectivity index (χ2v) is 7.42. The summed E-state index contributed by atoms with van der Waals surface area (Å²) < 4.78 is 37.5. The van der Waals surface area contributed by atoms with Crippen LogP contribution in [0.4, 0.5) is 14.5 Å². The first-order chi connectivity index (χ1) is 13.7. The molecule has 0 saturated heterocycles. The summed E-state index contributed by atoms with van der Waals surface area (Å²) >= 11 is 1.48. The molecule has 2 aliphatic rings. The van der Waals surface area contributed by atoms with Crippen LogP contribution in [0.5, 0.6) is 11.5 Å². The van der Waals surface area contributed by atoms with Gasteiger partial charge in [0.2, 0.25) is 6.79 Å². The predicted molar refractivity (Wildman–Crippen MR) is 104 cm³/mol. The number of benzene rings is 2. The largest absolute Gasteiger partial charge is 0.454 e. The normalized spacial score (nSPS) is 14.3. The van der Waals surface area contributed by atoms with E-state index < -0.39 is 11.6 Å². The van der Waals surface area contributed by atoms with E-state index in [-0.39, 0.29) is 6.79 Å². The Morgan fingerprint density at radius 1 is 1.04 bits per heavy atom. The van der Waals surface area contributed by atoms with Gasteiger partial charge >= 0.3 is 0 Å². The highest BCUT2D eigenvalue weighted by atomic mass is 32.1. The third-order valence-electron chi connectivity index (χ3n) is 4.55. The Labute approximate surface area is 163 Å². The molecule has 8 heteroatoms. The molecule has 2 aromatic carbocycles. The van der Waals surface area contributed by atoms with Crippen molar-refractivity contribution in [3.63, 3.8) is 0 Å². The summed E-state index contributed by atoms with van der Waals surface area (Å²) in [6, 6.07) is 11.7. The smallest absolute Gasteiger partial charge is 0.231 e. The molecular weight excluding hydrogens is 384 g/mol. The molecule has 0 fully saturated rings. The van der Waals surface area contributed by atoms with E-state index in [1.807, 2.05) is 24.3 Å².